The normalized spacial score (nSPS) is 15.6. The van der Waals surface area contributed by atoms with Crippen molar-refractivity contribution < 1.29 is 9.21 Å². The zero-order valence-electron chi connectivity index (χ0n) is 14.1. The molecule has 0 N–H and O–H groups in total. The summed E-state index contributed by atoms with van der Waals surface area (Å²) in [5.74, 6) is 1.21. The highest BCUT2D eigenvalue weighted by Gasteiger charge is 2.27. The van der Waals surface area contributed by atoms with Gasteiger partial charge in [-0.25, -0.2) is 4.98 Å². The third-order valence-corrected chi connectivity index (χ3v) is 5.52. The second kappa shape index (κ2) is 6.92. The summed E-state index contributed by atoms with van der Waals surface area (Å²) in [6.07, 6.45) is 3.82. The topological polar surface area (TPSA) is 46.3 Å². The maximum absolute atomic E-state index is 12.7. The number of likely N-dealkylation sites (tertiary alicyclic amines) is 1. The van der Waals surface area contributed by atoms with Crippen molar-refractivity contribution in [2.24, 2.45) is 0 Å². The second-order valence-corrected chi connectivity index (χ2v) is 7.19. The van der Waals surface area contributed by atoms with Crippen LogP contribution < -0.4 is 0 Å². The molecule has 0 spiro atoms. The van der Waals surface area contributed by atoms with Crippen molar-refractivity contribution in [3.05, 3.63) is 60.0 Å². The lowest BCUT2D eigenvalue weighted by atomic mass is 9.96. The van der Waals surface area contributed by atoms with Gasteiger partial charge in [-0.3, -0.25) is 4.79 Å². The number of thioether (sulfide) groups is 1. The number of aromatic nitrogens is 1. The molecular weight excluding hydrogens is 332 g/mol. The van der Waals surface area contributed by atoms with E-state index < -0.39 is 0 Å². The number of para-hydroxylation sites is 2. The van der Waals surface area contributed by atoms with E-state index in [0.717, 1.165) is 48.5 Å². The van der Waals surface area contributed by atoms with Crippen molar-refractivity contribution in [3.8, 4) is 0 Å². The molecular formula is C20H20N2O2S. The van der Waals surface area contributed by atoms with Crippen LogP contribution in [0.2, 0.25) is 0 Å². The summed E-state index contributed by atoms with van der Waals surface area (Å²) in [5, 5.41) is 0. The quantitative estimate of drug-likeness (QED) is 0.648. The Balaban J connectivity index is 1.42. The third kappa shape index (κ3) is 3.29. The van der Waals surface area contributed by atoms with Gasteiger partial charge in [0.25, 0.3) is 5.91 Å². The summed E-state index contributed by atoms with van der Waals surface area (Å²) >= 11 is 1.68. The Morgan fingerprint density at radius 2 is 1.84 bits per heavy atom. The first-order valence-corrected chi connectivity index (χ1v) is 9.76. The third-order valence-electron chi connectivity index (χ3n) is 4.78. The Morgan fingerprint density at radius 3 is 2.52 bits per heavy atom. The van der Waals surface area contributed by atoms with E-state index in [1.165, 1.54) is 4.90 Å². The van der Waals surface area contributed by atoms with Crippen molar-refractivity contribution in [2.75, 3.05) is 19.3 Å². The van der Waals surface area contributed by atoms with E-state index in [1.807, 2.05) is 59.7 Å². The maximum atomic E-state index is 12.7. The predicted octanol–water partition coefficient (Wildman–Crippen LogP) is 4.57. The molecule has 128 valence electrons. The molecule has 2 aromatic carbocycles. The maximum Gasteiger partial charge on any atom is 0.253 e. The number of benzene rings is 2. The van der Waals surface area contributed by atoms with Gasteiger partial charge in [-0.05, 0) is 55.5 Å². The number of oxazole rings is 1. The van der Waals surface area contributed by atoms with Crippen LogP contribution in [0, 0.1) is 0 Å². The number of nitrogens with zero attached hydrogens (tertiary/aromatic N) is 2. The molecule has 25 heavy (non-hydrogen) atoms. The van der Waals surface area contributed by atoms with Crippen LogP contribution in [-0.2, 0) is 0 Å². The fraction of sp³-hybridized carbons (Fsp3) is 0.300. The molecule has 0 radical (unpaired) electrons. The fourth-order valence-electron chi connectivity index (χ4n) is 3.31. The lowest BCUT2D eigenvalue weighted by molar-refractivity contribution is 0.0706. The molecule has 0 atom stereocenters. The van der Waals surface area contributed by atoms with Crippen LogP contribution in [0.3, 0.4) is 0 Å². The van der Waals surface area contributed by atoms with E-state index in [-0.39, 0.29) is 11.8 Å². The van der Waals surface area contributed by atoms with E-state index in [9.17, 15) is 4.79 Å². The Kier molecular flexibility index (Phi) is 4.49. The molecule has 3 aromatic rings. The van der Waals surface area contributed by atoms with E-state index >= 15 is 0 Å². The van der Waals surface area contributed by atoms with Crippen LogP contribution in [0.25, 0.3) is 11.1 Å². The van der Waals surface area contributed by atoms with Gasteiger partial charge >= 0.3 is 0 Å². The van der Waals surface area contributed by atoms with Crippen LogP contribution in [0.5, 0.6) is 0 Å². The van der Waals surface area contributed by atoms with Crippen molar-refractivity contribution in [1.82, 2.24) is 9.88 Å². The van der Waals surface area contributed by atoms with E-state index in [2.05, 4.69) is 4.98 Å². The minimum Gasteiger partial charge on any atom is -0.440 e. The van der Waals surface area contributed by atoms with Gasteiger partial charge in [0.05, 0.1) is 0 Å². The van der Waals surface area contributed by atoms with E-state index in [1.54, 1.807) is 11.8 Å². The number of carbonyl (C=O) groups is 1. The Morgan fingerprint density at radius 1 is 1.12 bits per heavy atom. The van der Waals surface area contributed by atoms with Crippen molar-refractivity contribution in [3.63, 3.8) is 0 Å². The molecule has 1 aromatic heterocycles. The number of fused-ring (bicyclic) bond motifs is 1. The second-order valence-electron chi connectivity index (χ2n) is 6.31. The van der Waals surface area contributed by atoms with Crippen LogP contribution in [0.4, 0.5) is 0 Å². The van der Waals surface area contributed by atoms with Gasteiger partial charge in [-0.1, -0.05) is 12.1 Å². The first kappa shape index (κ1) is 16.2. The van der Waals surface area contributed by atoms with Gasteiger partial charge in [0.1, 0.15) is 5.52 Å². The highest BCUT2D eigenvalue weighted by atomic mass is 32.2. The molecule has 4 rings (SSSR count). The highest BCUT2D eigenvalue weighted by molar-refractivity contribution is 7.98. The van der Waals surface area contributed by atoms with Crippen LogP contribution >= 0.6 is 11.8 Å². The summed E-state index contributed by atoms with van der Waals surface area (Å²) in [4.78, 5) is 20.4. The monoisotopic (exact) mass is 352 g/mol. The van der Waals surface area contributed by atoms with Crippen LogP contribution in [0.1, 0.15) is 35.0 Å². The molecule has 0 saturated carbocycles. The van der Waals surface area contributed by atoms with Crippen molar-refractivity contribution in [2.45, 2.75) is 23.7 Å². The SMILES string of the molecule is CSc1ccc(C(=O)N2CCC(c3nc4ccccc4o3)CC2)cc1. The molecule has 0 bridgehead atoms. The van der Waals surface area contributed by atoms with Crippen molar-refractivity contribution >= 4 is 28.8 Å². The summed E-state index contributed by atoms with van der Waals surface area (Å²) < 4.78 is 5.90. The summed E-state index contributed by atoms with van der Waals surface area (Å²) in [7, 11) is 0. The van der Waals surface area contributed by atoms with E-state index in [0.29, 0.717) is 0 Å². The number of hydrogen-bond donors (Lipinski definition) is 0. The lowest BCUT2D eigenvalue weighted by Gasteiger charge is -2.30. The zero-order chi connectivity index (χ0) is 17.2. The lowest BCUT2D eigenvalue weighted by Crippen LogP contribution is -2.37. The molecule has 1 amide bonds. The molecule has 0 aliphatic carbocycles. The minimum atomic E-state index is 0.115. The first-order valence-electron chi connectivity index (χ1n) is 8.53. The highest BCUT2D eigenvalue weighted by Crippen LogP contribution is 2.30. The zero-order valence-corrected chi connectivity index (χ0v) is 15.0. The number of carbonyl (C=O) groups excluding carboxylic acids is 1. The van der Waals surface area contributed by atoms with Gasteiger partial charge in [-0.2, -0.15) is 0 Å². The molecule has 1 fully saturated rings. The Labute approximate surface area is 151 Å². The number of piperidine rings is 1. The molecule has 1 aliphatic rings. The molecule has 1 aliphatic heterocycles. The first-order chi connectivity index (χ1) is 12.2. The summed E-state index contributed by atoms with van der Waals surface area (Å²) in [6.45, 7) is 1.49. The smallest absolute Gasteiger partial charge is 0.253 e. The van der Waals surface area contributed by atoms with Crippen molar-refractivity contribution in [1.29, 1.82) is 0 Å². The standard InChI is InChI=1S/C20H20N2O2S/c1-25-16-8-6-15(7-9-16)20(23)22-12-10-14(11-13-22)19-21-17-4-2-3-5-18(17)24-19/h2-9,14H,10-13H2,1H3. The average Bonchev–Trinajstić information content (AvgIpc) is 3.12. The Bertz CT molecular complexity index is 847. The van der Waals surface area contributed by atoms with Crippen LogP contribution in [0.15, 0.2) is 57.8 Å². The predicted molar refractivity (Wildman–Crippen MR) is 100 cm³/mol. The summed E-state index contributed by atoms with van der Waals surface area (Å²) in [6, 6.07) is 15.7. The largest absolute Gasteiger partial charge is 0.440 e. The van der Waals surface area contributed by atoms with Gasteiger partial charge < -0.3 is 9.32 Å². The number of amides is 1. The number of hydrogen-bond acceptors (Lipinski definition) is 4. The molecule has 0 unspecified atom stereocenters. The Hall–Kier alpha value is -2.27. The molecule has 1 saturated heterocycles. The number of rotatable bonds is 3. The average molecular weight is 352 g/mol. The van der Waals surface area contributed by atoms with Gasteiger partial charge in [0, 0.05) is 29.5 Å². The van der Waals surface area contributed by atoms with Gasteiger partial charge in [0.15, 0.2) is 11.5 Å². The van der Waals surface area contributed by atoms with E-state index in [4.69, 9.17) is 4.42 Å². The fourth-order valence-corrected chi connectivity index (χ4v) is 3.72. The molecule has 5 heteroatoms. The molecule has 2 heterocycles. The van der Waals surface area contributed by atoms with Crippen LogP contribution in [-0.4, -0.2) is 35.1 Å². The summed E-state index contributed by atoms with van der Waals surface area (Å²) in [5.41, 5.74) is 2.51. The van der Waals surface area contributed by atoms with Gasteiger partial charge in [-0.15, -0.1) is 11.8 Å². The minimum absolute atomic E-state index is 0.115. The molecule has 4 nitrogen and oxygen atoms in total. The van der Waals surface area contributed by atoms with Gasteiger partial charge in [0.2, 0.25) is 0 Å².